The monoisotopic (exact) mass is 574 g/mol. The summed E-state index contributed by atoms with van der Waals surface area (Å²) in [4.78, 5) is 21.7. The second kappa shape index (κ2) is 16.7. The Kier molecular flexibility index (Phi) is 15.3. The molecule has 38 heavy (non-hydrogen) atoms. The summed E-state index contributed by atoms with van der Waals surface area (Å²) in [6, 6.07) is 10.6. The molecule has 0 aliphatic heterocycles. The largest absolute Gasteiger partial charge is 0.468 e. The van der Waals surface area contributed by atoms with Crippen molar-refractivity contribution in [1.29, 1.82) is 0 Å². The highest BCUT2D eigenvalue weighted by molar-refractivity contribution is 7.86. The van der Waals surface area contributed by atoms with Gasteiger partial charge in [0.1, 0.15) is 12.1 Å². The zero-order valence-corrected chi connectivity index (χ0v) is 23.1. The van der Waals surface area contributed by atoms with Gasteiger partial charge in [-0.05, 0) is 51.0 Å². The highest BCUT2D eigenvalue weighted by Gasteiger charge is 2.13. The van der Waals surface area contributed by atoms with Crippen LogP contribution in [0.5, 0.6) is 0 Å². The topological polar surface area (TPSA) is 213 Å². The van der Waals surface area contributed by atoms with Crippen molar-refractivity contribution in [3.63, 3.8) is 0 Å². The van der Waals surface area contributed by atoms with E-state index in [4.69, 9.17) is 20.6 Å². The molecule has 0 saturated carbocycles. The number of carbonyl (C=O) groups excluding carboxylic acids is 2. The molecule has 14 heteroatoms. The summed E-state index contributed by atoms with van der Waals surface area (Å²) in [5.41, 5.74) is 12.9. The van der Waals surface area contributed by atoms with E-state index in [1.54, 1.807) is 36.4 Å². The van der Waals surface area contributed by atoms with Gasteiger partial charge in [0.2, 0.25) is 0 Å². The first-order valence-electron chi connectivity index (χ1n) is 10.9. The van der Waals surface area contributed by atoms with Crippen molar-refractivity contribution >= 4 is 32.2 Å². The van der Waals surface area contributed by atoms with E-state index in [9.17, 15) is 26.4 Å². The molecule has 0 fully saturated rings. The number of hydrogen-bond acceptors (Lipinski definition) is 10. The Bertz CT molecular complexity index is 1160. The highest BCUT2D eigenvalue weighted by atomic mass is 32.2. The van der Waals surface area contributed by atoms with Gasteiger partial charge in [-0.15, -0.1) is 0 Å². The molecule has 0 saturated heterocycles. The van der Waals surface area contributed by atoms with E-state index >= 15 is 0 Å². The number of nitrogens with two attached hydrogens (primary N) is 2. The molecule has 12 nitrogen and oxygen atoms in total. The second-order valence-electron chi connectivity index (χ2n) is 7.78. The smallest absolute Gasteiger partial charge is 0.322 e. The minimum Gasteiger partial charge on any atom is -0.468 e. The zero-order valence-electron chi connectivity index (χ0n) is 21.5. The van der Waals surface area contributed by atoms with Crippen LogP contribution in [-0.2, 0) is 39.3 Å². The molecule has 0 amide bonds. The van der Waals surface area contributed by atoms with Gasteiger partial charge in [-0.3, -0.25) is 18.7 Å². The Morgan fingerprint density at radius 1 is 0.711 bits per heavy atom. The van der Waals surface area contributed by atoms with Crippen LogP contribution in [0.4, 0.5) is 0 Å². The first kappa shape index (κ1) is 34.9. The van der Waals surface area contributed by atoms with Crippen LogP contribution in [0.25, 0.3) is 0 Å². The standard InChI is InChI=1S/C10H18N2O4.2C7H8O3S/c1-15-9(13)7(11)5-3-4-6-8(12)10(14)16-2;2*1-6-2-4-7(5-3-6)11(8,9)10/h3-4,7-8H,5-6,11-12H2,1-2H3;2*2-5H,1H3,(H,8,9,10)/b4-3+;;. The van der Waals surface area contributed by atoms with Gasteiger partial charge in [0.25, 0.3) is 20.2 Å². The van der Waals surface area contributed by atoms with E-state index in [1.165, 1.54) is 38.5 Å². The van der Waals surface area contributed by atoms with E-state index in [0.717, 1.165) is 11.1 Å². The summed E-state index contributed by atoms with van der Waals surface area (Å²) in [7, 11) is -5.49. The summed E-state index contributed by atoms with van der Waals surface area (Å²) in [5.74, 6) is -0.941. The van der Waals surface area contributed by atoms with Crippen molar-refractivity contribution in [2.24, 2.45) is 11.5 Å². The predicted molar refractivity (Wildman–Crippen MR) is 140 cm³/mol. The number of ether oxygens (including phenoxy) is 2. The third-order valence-corrected chi connectivity index (χ3v) is 6.33. The van der Waals surface area contributed by atoms with Gasteiger partial charge in [-0.1, -0.05) is 47.5 Å². The minimum absolute atomic E-state index is 0.0666. The lowest BCUT2D eigenvalue weighted by Crippen LogP contribution is -2.31. The molecule has 2 unspecified atom stereocenters. The second-order valence-corrected chi connectivity index (χ2v) is 10.6. The van der Waals surface area contributed by atoms with Crippen LogP contribution < -0.4 is 11.5 Å². The van der Waals surface area contributed by atoms with E-state index in [0.29, 0.717) is 12.8 Å². The molecule has 6 N–H and O–H groups in total. The molecule has 0 aliphatic rings. The van der Waals surface area contributed by atoms with Gasteiger partial charge in [-0.2, -0.15) is 16.8 Å². The quantitative estimate of drug-likeness (QED) is 0.202. The highest BCUT2D eigenvalue weighted by Crippen LogP contribution is 2.09. The fraction of sp³-hybridized carbons (Fsp3) is 0.333. The fourth-order valence-corrected chi connectivity index (χ4v) is 3.36. The first-order chi connectivity index (χ1) is 17.5. The lowest BCUT2D eigenvalue weighted by atomic mass is 10.1. The molecular formula is C24H34N2O10S2. The van der Waals surface area contributed by atoms with Crippen LogP contribution in [0.1, 0.15) is 24.0 Å². The summed E-state index contributed by atoms with van der Waals surface area (Å²) in [6.07, 6.45) is 4.07. The van der Waals surface area contributed by atoms with Crippen molar-refractivity contribution in [2.45, 2.75) is 48.6 Å². The summed E-state index contributed by atoms with van der Waals surface area (Å²) < 4.78 is 68.0. The molecular weight excluding hydrogens is 540 g/mol. The zero-order chi connectivity index (χ0) is 29.5. The number of carbonyl (C=O) groups is 2. The third kappa shape index (κ3) is 14.6. The van der Waals surface area contributed by atoms with Crippen molar-refractivity contribution in [1.82, 2.24) is 0 Å². The van der Waals surface area contributed by atoms with Crippen LogP contribution in [0, 0.1) is 13.8 Å². The molecule has 212 valence electrons. The molecule has 0 spiro atoms. The Morgan fingerprint density at radius 2 is 0.974 bits per heavy atom. The molecule has 0 aliphatic carbocycles. The first-order valence-corrected chi connectivity index (χ1v) is 13.8. The van der Waals surface area contributed by atoms with E-state index in [-0.39, 0.29) is 9.79 Å². The van der Waals surface area contributed by atoms with E-state index < -0.39 is 44.3 Å². The molecule has 2 rings (SSSR count). The lowest BCUT2D eigenvalue weighted by molar-refractivity contribution is -0.142. The van der Waals surface area contributed by atoms with Gasteiger partial charge < -0.3 is 20.9 Å². The fourth-order valence-electron chi connectivity index (χ4n) is 2.40. The summed E-state index contributed by atoms with van der Waals surface area (Å²) >= 11 is 0. The van der Waals surface area contributed by atoms with Crippen LogP contribution >= 0.6 is 0 Å². The average molecular weight is 575 g/mol. The summed E-state index contributed by atoms with van der Waals surface area (Å²) in [6.45, 7) is 3.68. The van der Waals surface area contributed by atoms with Gasteiger partial charge in [-0.25, -0.2) is 0 Å². The maximum atomic E-state index is 10.9. The Balaban J connectivity index is 0.000000554. The third-order valence-electron chi connectivity index (χ3n) is 4.59. The van der Waals surface area contributed by atoms with Crippen molar-refractivity contribution in [3.05, 3.63) is 71.8 Å². The number of esters is 2. The molecule has 0 aromatic heterocycles. The van der Waals surface area contributed by atoms with E-state index in [2.05, 4.69) is 9.47 Å². The van der Waals surface area contributed by atoms with Crippen molar-refractivity contribution in [3.8, 4) is 0 Å². The summed E-state index contributed by atoms with van der Waals surface area (Å²) in [5, 5.41) is 0. The molecule has 2 aromatic carbocycles. The van der Waals surface area contributed by atoms with Gasteiger partial charge in [0, 0.05) is 0 Å². The van der Waals surface area contributed by atoms with E-state index in [1.807, 2.05) is 13.8 Å². The van der Waals surface area contributed by atoms with Crippen molar-refractivity contribution < 1.29 is 45.0 Å². The SMILES string of the molecule is COC(=O)C(N)C/C=C/CC(N)C(=O)OC.Cc1ccc(S(=O)(=O)O)cc1.Cc1ccc(S(=O)(=O)O)cc1. The van der Waals surface area contributed by atoms with Crippen LogP contribution in [0.3, 0.4) is 0 Å². The number of benzene rings is 2. The Morgan fingerprint density at radius 3 is 1.18 bits per heavy atom. The maximum absolute atomic E-state index is 10.9. The number of rotatable bonds is 8. The molecule has 0 radical (unpaired) electrons. The van der Waals surface area contributed by atoms with Crippen molar-refractivity contribution in [2.75, 3.05) is 14.2 Å². The normalized spacial score (nSPS) is 12.7. The van der Waals surface area contributed by atoms with Crippen LogP contribution in [0.2, 0.25) is 0 Å². The number of hydrogen-bond donors (Lipinski definition) is 4. The molecule has 0 bridgehead atoms. The Hall–Kier alpha value is -3.14. The van der Waals surface area contributed by atoms with Gasteiger partial charge in [0.05, 0.1) is 24.0 Å². The Labute approximate surface area is 223 Å². The number of aryl methyl sites for hydroxylation is 2. The average Bonchev–Trinajstić information content (AvgIpc) is 2.85. The van der Waals surface area contributed by atoms with Gasteiger partial charge in [0.15, 0.2) is 0 Å². The van der Waals surface area contributed by atoms with Crippen LogP contribution in [0.15, 0.2) is 70.5 Å². The minimum atomic E-state index is -4.02. The number of methoxy groups -OCH3 is 2. The predicted octanol–water partition coefficient (Wildman–Crippen LogP) is 1.81. The molecule has 0 heterocycles. The molecule has 2 aromatic rings. The maximum Gasteiger partial charge on any atom is 0.322 e. The van der Waals surface area contributed by atoms with Crippen LogP contribution in [-0.4, -0.2) is 64.2 Å². The molecule has 2 atom stereocenters. The van der Waals surface area contributed by atoms with Gasteiger partial charge >= 0.3 is 11.9 Å². The lowest BCUT2D eigenvalue weighted by Gasteiger charge is -2.06.